The molecule has 9 heteroatoms. The fourth-order valence-corrected chi connectivity index (χ4v) is 3.08. The highest BCUT2D eigenvalue weighted by Gasteiger charge is 2.25. The molecule has 1 aliphatic heterocycles. The van der Waals surface area contributed by atoms with Crippen molar-refractivity contribution in [3.05, 3.63) is 24.3 Å². The number of hydrazine groups is 1. The lowest BCUT2D eigenvalue weighted by Gasteiger charge is -2.27. The van der Waals surface area contributed by atoms with Gasteiger partial charge < -0.3 is 15.2 Å². The Bertz CT molecular complexity index is 626. The summed E-state index contributed by atoms with van der Waals surface area (Å²) in [5.74, 6) is -0.750. The fourth-order valence-electron chi connectivity index (χ4n) is 1.83. The van der Waals surface area contributed by atoms with Crippen LogP contribution in [0.2, 0.25) is 0 Å². The van der Waals surface area contributed by atoms with E-state index in [1.165, 1.54) is 19.1 Å². The van der Waals surface area contributed by atoms with E-state index < -0.39 is 22.0 Å². The van der Waals surface area contributed by atoms with E-state index in [4.69, 9.17) is 15.2 Å². The first-order valence-electron chi connectivity index (χ1n) is 6.81. The van der Waals surface area contributed by atoms with E-state index in [1.54, 1.807) is 17.1 Å². The number of sulfonamides is 1. The van der Waals surface area contributed by atoms with Crippen LogP contribution in [0.15, 0.2) is 29.2 Å². The number of benzene rings is 1. The van der Waals surface area contributed by atoms with E-state index in [0.29, 0.717) is 26.3 Å². The van der Waals surface area contributed by atoms with Gasteiger partial charge >= 0.3 is 5.97 Å². The van der Waals surface area contributed by atoms with Gasteiger partial charge in [0.25, 0.3) is 10.0 Å². The summed E-state index contributed by atoms with van der Waals surface area (Å²) in [6, 6.07) is 5.07. The molecule has 0 spiro atoms. The highest BCUT2D eigenvalue weighted by atomic mass is 32.2. The standard InChI is InChI=1S/C13H19N3O5S/c1-10(14)13(17)21-11-4-2-3-5-12(11)22(18,19)15-16-6-8-20-9-7-16/h2-5,10,15H,6-9,14H2,1H3/t10-/m0/s1. The maximum atomic E-state index is 12.5. The normalized spacial score (nSPS) is 17.9. The Hall–Kier alpha value is -1.52. The van der Waals surface area contributed by atoms with Crippen LogP contribution in [0.3, 0.4) is 0 Å². The van der Waals surface area contributed by atoms with Crippen LogP contribution in [0.5, 0.6) is 5.75 Å². The number of ether oxygens (including phenoxy) is 2. The summed E-state index contributed by atoms with van der Waals surface area (Å²) in [6.07, 6.45) is 0. The Balaban J connectivity index is 2.21. The maximum absolute atomic E-state index is 12.5. The minimum atomic E-state index is -3.86. The highest BCUT2D eigenvalue weighted by molar-refractivity contribution is 7.89. The van der Waals surface area contributed by atoms with E-state index in [0.717, 1.165) is 0 Å². The van der Waals surface area contributed by atoms with E-state index in [1.807, 2.05) is 0 Å². The van der Waals surface area contributed by atoms with E-state index in [9.17, 15) is 13.2 Å². The third-order valence-electron chi connectivity index (χ3n) is 2.98. The summed E-state index contributed by atoms with van der Waals surface area (Å²) < 4.78 is 35.1. The molecule has 1 aromatic rings. The molecule has 2 rings (SSSR count). The topological polar surface area (TPSA) is 111 Å². The fraction of sp³-hybridized carbons (Fsp3) is 0.462. The molecule has 8 nitrogen and oxygen atoms in total. The van der Waals surface area contributed by atoms with Crippen LogP contribution in [-0.2, 0) is 19.6 Å². The van der Waals surface area contributed by atoms with Gasteiger partial charge in [-0.1, -0.05) is 12.1 Å². The molecule has 1 heterocycles. The first-order valence-corrected chi connectivity index (χ1v) is 8.30. The second-order valence-corrected chi connectivity index (χ2v) is 6.48. The zero-order valence-electron chi connectivity index (χ0n) is 12.2. The number of carbonyl (C=O) groups excluding carboxylic acids is 1. The molecule has 0 saturated carbocycles. The maximum Gasteiger partial charge on any atom is 0.328 e. The lowest BCUT2D eigenvalue weighted by molar-refractivity contribution is -0.135. The molecule has 1 atom stereocenters. The minimum Gasteiger partial charge on any atom is -0.424 e. The number of nitrogens with one attached hydrogen (secondary N) is 1. The molecular formula is C13H19N3O5S. The van der Waals surface area contributed by atoms with Crippen LogP contribution in [0.4, 0.5) is 0 Å². The van der Waals surface area contributed by atoms with Crippen molar-refractivity contribution in [2.45, 2.75) is 17.9 Å². The molecular weight excluding hydrogens is 310 g/mol. The third-order valence-corrected chi connectivity index (χ3v) is 4.40. The van der Waals surface area contributed by atoms with Gasteiger partial charge in [-0.2, -0.15) is 0 Å². The van der Waals surface area contributed by atoms with Crippen molar-refractivity contribution in [1.29, 1.82) is 0 Å². The summed E-state index contributed by atoms with van der Waals surface area (Å²) >= 11 is 0. The van der Waals surface area contributed by atoms with Crippen molar-refractivity contribution in [3.63, 3.8) is 0 Å². The average molecular weight is 329 g/mol. The molecule has 0 aliphatic carbocycles. The molecule has 1 saturated heterocycles. The Labute approximate surface area is 129 Å². The van der Waals surface area contributed by atoms with Crippen LogP contribution in [0, 0.1) is 0 Å². The predicted molar refractivity (Wildman–Crippen MR) is 78.4 cm³/mol. The molecule has 122 valence electrons. The van der Waals surface area contributed by atoms with Crippen LogP contribution >= 0.6 is 0 Å². The van der Waals surface area contributed by atoms with Gasteiger partial charge in [-0.25, -0.2) is 18.2 Å². The third kappa shape index (κ3) is 4.24. The van der Waals surface area contributed by atoms with Gasteiger partial charge in [0.05, 0.1) is 13.2 Å². The SMILES string of the molecule is C[C@H](N)C(=O)Oc1ccccc1S(=O)(=O)NN1CCOCC1. The molecule has 1 fully saturated rings. The molecule has 0 radical (unpaired) electrons. The first-order chi connectivity index (χ1) is 10.4. The molecule has 0 bridgehead atoms. The lowest BCUT2D eigenvalue weighted by atomic mass is 10.3. The number of nitrogens with zero attached hydrogens (tertiary/aromatic N) is 1. The van der Waals surface area contributed by atoms with Gasteiger partial charge in [0, 0.05) is 13.1 Å². The van der Waals surface area contributed by atoms with Gasteiger partial charge in [-0.05, 0) is 19.1 Å². The van der Waals surface area contributed by atoms with Crippen LogP contribution in [-0.4, -0.2) is 51.7 Å². The second-order valence-electron chi connectivity index (χ2n) is 4.85. The first kappa shape index (κ1) is 16.8. The Morgan fingerprint density at radius 1 is 1.36 bits per heavy atom. The van der Waals surface area contributed by atoms with E-state index in [-0.39, 0.29) is 10.6 Å². The number of para-hydroxylation sites is 1. The van der Waals surface area contributed by atoms with Crippen molar-refractivity contribution >= 4 is 16.0 Å². The van der Waals surface area contributed by atoms with Crippen LogP contribution < -0.4 is 15.3 Å². The number of carbonyl (C=O) groups is 1. The Kier molecular flexibility index (Phi) is 5.48. The van der Waals surface area contributed by atoms with Crippen molar-refractivity contribution in [2.24, 2.45) is 5.73 Å². The van der Waals surface area contributed by atoms with Crippen molar-refractivity contribution in [2.75, 3.05) is 26.3 Å². The smallest absolute Gasteiger partial charge is 0.328 e. The monoisotopic (exact) mass is 329 g/mol. The Morgan fingerprint density at radius 2 is 2.00 bits per heavy atom. The molecule has 1 aromatic carbocycles. The van der Waals surface area contributed by atoms with Crippen LogP contribution in [0.25, 0.3) is 0 Å². The minimum absolute atomic E-state index is 0.0504. The Morgan fingerprint density at radius 3 is 2.64 bits per heavy atom. The van der Waals surface area contributed by atoms with Gasteiger partial charge in [-0.3, -0.25) is 0 Å². The molecule has 3 N–H and O–H groups in total. The van der Waals surface area contributed by atoms with E-state index in [2.05, 4.69) is 4.83 Å². The summed E-state index contributed by atoms with van der Waals surface area (Å²) in [5.41, 5.74) is 5.43. The van der Waals surface area contributed by atoms with Crippen molar-refractivity contribution in [3.8, 4) is 5.75 Å². The van der Waals surface area contributed by atoms with Crippen molar-refractivity contribution in [1.82, 2.24) is 9.84 Å². The highest BCUT2D eigenvalue weighted by Crippen LogP contribution is 2.23. The number of nitrogens with two attached hydrogens (primary N) is 1. The number of morpholine rings is 1. The molecule has 1 aliphatic rings. The zero-order valence-corrected chi connectivity index (χ0v) is 13.0. The number of hydrogen-bond donors (Lipinski definition) is 2. The lowest BCUT2D eigenvalue weighted by Crippen LogP contribution is -2.48. The van der Waals surface area contributed by atoms with Gasteiger partial charge in [0.15, 0.2) is 5.75 Å². The van der Waals surface area contributed by atoms with Crippen molar-refractivity contribution < 1.29 is 22.7 Å². The predicted octanol–water partition coefficient (Wildman–Crippen LogP) is -0.535. The summed E-state index contributed by atoms with van der Waals surface area (Å²) in [4.78, 5) is 13.9. The zero-order chi connectivity index (χ0) is 16.2. The summed E-state index contributed by atoms with van der Waals surface area (Å²) in [5, 5.41) is 1.54. The van der Waals surface area contributed by atoms with E-state index >= 15 is 0 Å². The molecule has 0 aromatic heterocycles. The number of esters is 1. The van der Waals surface area contributed by atoms with Gasteiger partial charge in [0.2, 0.25) is 0 Å². The molecule has 0 amide bonds. The average Bonchev–Trinajstić information content (AvgIpc) is 2.48. The largest absolute Gasteiger partial charge is 0.424 e. The van der Waals surface area contributed by atoms with Gasteiger partial charge in [0.1, 0.15) is 10.9 Å². The number of rotatable bonds is 5. The second kappa shape index (κ2) is 7.16. The van der Waals surface area contributed by atoms with Gasteiger partial charge in [-0.15, -0.1) is 4.83 Å². The number of hydrogen-bond acceptors (Lipinski definition) is 7. The summed E-state index contributed by atoms with van der Waals surface area (Å²) in [6.45, 7) is 3.25. The summed E-state index contributed by atoms with van der Waals surface area (Å²) in [7, 11) is -3.86. The molecule has 22 heavy (non-hydrogen) atoms. The quantitative estimate of drug-likeness (QED) is 0.551. The molecule has 0 unspecified atom stereocenters. The van der Waals surface area contributed by atoms with Crippen LogP contribution in [0.1, 0.15) is 6.92 Å².